The van der Waals surface area contributed by atoms with E-state index in [9.17, 15) is 8.42 Å². The fourth-order valence-electron chi connectivity index (χ4n) is 1.72. The number of hydrogen-bond acceptors (Lipinski definition) is 3. The minimum atomic E-state index is -3.23. The fourth-order valence-corrected chi connectivity index (χ4v) is 3.51. The summed E-state index contributed by atoms with van der Waals surface area (Å²) in [6.07, 6.45) is 5.45. The number of unbranched alkanes of at least 4 members (excludes halogenated alkanes) is 4. The van der Waals surface area contributed by atoms with E-state index in [1.54, 1.807) is 0 Å². The van der Waals surface area contributed by atoms with Gasteiger partial charge in [0.1, 0.15) is 0 Å². The summed E-state index contributed by atoms with van der Waals surface area (Å²) in [6.45, 7) is 2.72. The van der Waals surface area contributed by atoms with Gasteiger partial charge in [-0.15, -0.1) is 11.6 Å². The SMILES string of the molecule is CCCCCCN(CCO)S(=O)(=O)CCCCCl. The molecule has 0 bridgehead atoms. The molecule has 0 amide bonds. The second kappa shape index (κ2) is 11.0. The van der Waals surface area contributed by atoms with Gasteiger partial charge in [0.05, 0.1) is 12.4 Å². The molecule has 0 aromatic carbocycles. The Morgan fingerprint density at radius 1 is 1.06 bits per heavy atom. The number of hydrogen-bond donors (Lipinski definition) is 1. The number of rotatable bonds is 12. The van der Waals surface area contributed by atoms with E-state index in [0.717, 1.165) is 25.7 Å². The first kappa shape index (κ1) is 18.2. The molecule has 0 aliphatic heterocycles. The molecule has 0 fully saturated rings. The van der Waals surface area contributed by atoms with Gasteiger partial charge in [-0.3, -0.25) is 0 Å². The second-order valence-corrected chi connectivity index (χ2v) is 6.86. The van der Waals surface area contributed by atoms with Gasteiger partial charge in [0.2, 0.25) is 10.0 Å². The molecule has 4 nitrogen and oxygen atoms in total. The topological polar surface area (TPSA) is 57.6 Å². The molecule has 0 rings (SSSR count). The van der Waals surface area contributed by atoms with Crippen LogP contribution in [0.4, 0.5) is 0 Å². The maximum absolute atomic E-state index is 12.0. The van der Waals surface area contributed by atoms with Crippen LogP contribution in [-0.4, -0.2) is 49.2 Å². The zero-order chi connectivity index (χ0) is 13.9. The van der Waals surface area contributed by atoms with E-state index in [0.29, 0.717) is 25.3 Å². The molecule has 0 atom stereocenters. The van der Waals surface area contributed by atoms with Crippen molar-refractivity contribution in [1.29, 1.82) is 0 Å². The molecule has 0 saturated carbocycles. The normalized spacial score (nSPS) is 12.2. The standard InChI is InChI=1S/C12H26ClNO3S/c1-2-3-4-6-9-14(10-11-15)18(16,17)12-7-5-8-13/h15H,2-12H2,1H3. The van der Waals surface area contributed by atoms with Crippen LogP contribution >= 0.6 is 11.6 Å². The zero-order valence-electron chi connectivity index (χ0n) is 11.3. The molecule has 0 saturated heterocycles. The molecule has 0 aromatic rings. The molecule has 0 aliphatic carbocycles. The van der Waals surface area contributed by atoms with Crippen LogP contribution in [-0.2, 0) is 10.0 Å². The molecule has 0 spiro atoms. The van der Waals surface area contributed by atoms with Crippen molar-refractivity contribution in [3.63, 3.8) is 0 Å². The molecule has 0 heterocycles. The Bertz CT molecular complexity index is 283. The van der Waals surface area contributed by atoms with E-state index in [2.05, 4.69) is 6.92 Å². The summed E-state index contributed by atoms with van der Waals surface area (Å²) >= 11 is 5.54. The molecular formula is C12H26ClNO3S. The highest BCUT2D eigenvalue weighted by molar-refractivity contribution is 7.89. The maximum Gasteiger partial charge on any atom is 0.214 e. The van der Waals surface area contributed by atoms with Crippen LogP contribution in [0.15, 0.2) is 0 Å². The third-order valence-electron chi connectivity index (χ3n) is 2.79. The van der Waals surface area contributed by atoms with Crippen molar-refractivity contribution in [2.24, 2.45) is 0 Å². The minimum absolute atomic E-state index is 0.123. The number of halogens is 1. The molecule has 6 heteroatoms. The van der Waals surface area contributed by atoms with Gasteiger partial charge in [-0.25, -0.2) is 8.42 Å². The van der Waals surface area contributed by atoms with Crippen LogP contribution in [0.2, 0.25) is 0 Å². The van der Waals surface area contributed by atoms with Gasteiger partial charge in [-0.05, 0) is 19.3 Å². The lowest BCUT2D eigenvalue weighted by atomic mass is 10.2. The third kappa shape index (κ3) is 8.29. The van der Waals surface area contributed by atoms with Crippen LogP contribution in [0.25, 0.3) is 0 Å². The molecule has 0 aromatic heterocycles. The average molecular weight is 300 g/mol. The lowest BCUT2D eigenvalue weighted by Crippen LogP contribution is -2.36. The molecule has 0 aliphatic rings. The Hall–Kier alpha value is 0.160. The summed E-state index contributed by atoms with van der Waals surface area (Å²) in [5.41, 5.74) is 0. The molecule has 1 N–H and O–H groups in total. The van der Waals surface area contributed by atoms with Gasteiger partial charge in [-0.1, -0.05) is 26.2 Å². The smallest absolute Gasteiger partial charge is 0.214 e. The predicted molar refractivity (Wildman–Crippen MR) is 76.5 cm³/mol. The van der Waals surface area contributed by atoms with E-state index >= 15 is 0 Å². The monoisotopic (exact) mass is 299 g/mol. The van der Waals surface area contributed by atoms with Crippen molar-refractivity contribution in [3.05, 3.63) is 0 Å². The van der Waals surface area contributed by atoms with Crippen molar-refractivity contribution in [3.8, 4) is 0 Å². The predicted octanol–water partition coefficient (Wildman–Crippen LogP) is 2.21. The summed E-state index contributed by atoms with van der Waals surface area (Å²) in [5, 5.41) is 8.95. The summed E-state index contributed by atoms with van der Waals surface area (Å²) in [7, 11) is -3.23. The maximum atomic E-state index is 12.0. The van der Waals surface area contributed by atoms with E-state index in [1.807, 2.05) is 0 Å². The second-order valence-electron chi connectivity index (χ2n) is 4.40. The van der Waals surface area contributed by atoms with E-state index in [-0.39, 0.29) is 18.9 Å². The van der Waals surface area contributed by atoms with E-state index in [1.165, 1.54) is 4.31 Å². The van der Waals surface area contributed by atoms with Gasteiger partial charge in [0.15, 0.2) is 0 Å². The highest BCUT2D eigenvalue weighted by atomic mass is 35.5. The van der Waals surface area contributed by atoms with E-state index < -0.39 is 10.0 Å². The minimum Gasteiger partial charge on any atom is -0.395 e. The molecular weight excluding hydrogens is 274 g/mol. The van der Waals surface area contributed by atoms with Crippen molar-refractivity contribution < 1.29 is 13.5 Å². The van der Waals surface area contributed by atoms with Crippen molar-refractivity contribution in [1.82, 2.24) is 4.31 Å². The summed E-state index contributed by atoms with van der Waals surface area (Å²) in [6, 6.07) is 0. The van der Waals surface area contributed by atoms with Crippen molar-refractivity contribution in [2.45, 2.75) is 45.4 Å². The van der Waals surface area contributed by atoms with Crippen LogP contribution in [0, 0.1) is 0 Å². The number of nitrogens with zero attached hydrogens (tertiary/aromatic N) is 1. The largest absolute Gasteiger partial charge is 0.395 e. The number of alkyl halides is 1. The summed E-state index contributed by atoms with van der Waals surface area (Å²) < 4.78 is 25.5. The number of aliphatic hydroxyl groups excluding tert-OH is 1. The average Bonchev–Trinajstić information content (AvgIpc) is 2.33. The Balaban J connectivity index is 4.19. The molecule has 18 heavy (non-hydrogen) atoms. The fraction of sp³-hybridized carbons (Fsp3) is 1.00. The lowest BCUT2D eigenvalue weighted by Gasteiger charge is -2.21. The Labute approximate surface area is 116 Å². The highest BCUT2D eigenvalue weighted by Crippen LogP contribution is 2.09. The number of aliphatic hydroxyl groups is 1. The lowest BCUT2D eigenvalue weighted by molar-refractivity contribution is 0.251. The van der Waals surface area contributed by atoms with Gasteiger partial charge in [-0.2, -0.15) is 4.31 Å². The first-order valence-electron chi connectivity index (χ1n) is 6.73. The van der Waals surface area contributed by atoms with Crippen LogP contribution in [0.5, 0.6) is 0 Å². The zero-order valence-corrected chi connectivity index (χ0v) is 12.8. The summed E-state index contributed by atoms with van der Waals surface area (Å²) in [5.74, 6) is 0.625. The number of sulfonamides is 1. The van der Waals surface area contributed by atoms with Crippen LogP contribution < -0.4 is 0 Å². The summed E-state index contributed by atoms with van der Waals surface area (Å²) in [4.78, 5) is 0. The van der Waals surface area contributed by atoms with Crippen molar-refractivity contribution in [2.75, 3.05) is 31.3 Å². The first-order valence-corrected chi connectivity index (χ1v) is 8.87. The Morgan fingerprint density at radius 2 is 1.78 bits per heavy atom. The third-order valence-corrected chi connectivity index (χ3v) is 5.01. The van der Waals surface area contributed by atoms with Gasteiger partial charge in [0, 0.05) is 19.0 Å². The van der Waals surface area contributed by atoms with Crippen LogP contribution in [0.3, 0.4) is 0 Å². The first-order chi connectivity index (χ1) is 8.58. The Morgan fingerprint density at radius 3 is 2.33 bits per heavy atom. The van der Waals surface area contributed by atoms with Gasteiger partial charge >= 0.3 is 0 Å². The van der Waals surface area contributed by atoms with Crippen LogP contribution in [0.1, 0.15) is 45.4 Å². The highest BCUT2D eigenvalue weighted by Gasteiger charge is 2.20. The van der Waals surface area contributed by atoms with Crippen molar-refractivity contribution >= 4 is 21.6 Å². The van der Waals surface area contributed by atoms with Gasteiger partial charge in [0.25, 0.3) is 0 Å². The molecule has 0 radical (unpaired) electrons. The molecule has 110 valence electrons. The Kier molecular flexibility index (Phi) is 11.1. The quantitative estimate of drug-likeness (QED) is 0.444. The van der Waals surface area contributed by atoms with E-state index in [4.69, 9.17) is 16.7 Å². The van der Waals surface area contributed by atoms with Gasteiger partial charge < -0.3 is 5.11 Å². The molecule has 0 unspecified atom stereocenters.